The highest BCUT2D eigenvalue weighted by atomic mass is 127. The van der Waals surface area contributed by atoms with Gasteiger partial charge in [-0.2, -0.15) is 0 Å². The Morgan fingerprint density at radius 3 is 2.45 bits per heavy atom. The van der Waals surface area contributed by atoms with Crippen molar-refractivity contribution in [2.45, 2.75) is 55.0 Å². The largest absolute Gasteiger partial charge is 0.458 e. The van der Waals surface area contributed by atoms with Crippen LogP contribution in [0.3, 0.4) is 0 Å². The number of hydrogen-bond donors (Lipinski definition) is 0. The van der Waals surface area contributed by atoms with E-state index in [9.17, 15) is 4.79 Å². The van der Waals surface area contributed by atoms with Gasteiger partial charge in [0.15, 0.2) is 0 Å². The second-order valence-corrected chi connectivity index (χ2v) is 9.02. The Balaban J connectivity index is 1.79. The Bertz CT molecular complexity index is 379. The van der Waals surface area contributed by atoms with Crippen molar-refractivity contribution in [2.75, 3.05) is 20.1 Å². The molecular weight excluding hydrogens is 365 g/mol. The zero-order chi connectivity index (χ0) is 14.3. The maximum absolute atomic E-state index is 12.2. The van der Waals surface area contributed by atoms with E-state index in [1.54, 1.807) is 0 Å². The van der Waals surface area contributed by atoms with Crippen molar-refractivity contribution in [1.82, 2.24) is 4.90 Å². The molecule has 3 aliphatic rings. The van der Waals surface area contributed by atoms with Crippen molar-refractivity contribution in [3.05, 3.63) is 0 Å². The highest BCUT2D eigenvalue weighted by Crippen LogP contribution is 2.57. The van der Waals surface area contributed by atoms with Crippen LogP contribution < -0.4 is 0 Å². The minimum absolute atomic E-state index is 0.0112. The molecule has 4 atom stereocenters. The number of esters is 1. The monoisotopic (exact) mass is 391 g/mol. The van der Waals surface area contributed by atoms with Crippen molar-refractivity contribution >= 4 is 28.6 Å². The number of ether oxygens (including phenoxy) is 1. The van der Waals surface area contributed by atoms with Gasteiger partial charge in [-0.3, -0.25) is 4.79 Å². The molecule has 20 heavy (non-hydrogen) atoms. The van der Waals surface area contributed by atoms with Gasteiger partial charge in [0, 0.05) is 5.92 Å². The number of hydrogen-bond acceptors (Lipinski definition) is 3. The number of nitrogens with zero attached hydrogens (tertiary/aromatic N) is 1. The Hall–Kier alpha value is 0.160. The summed E-state index contributed by atoms with van der Waals surface area (Å²) in [7, 11) is 2.20. The van der Waals surface area contributed by atoms with Crippen molar-refractivity contribution in [1.29, 1.82) is 0 Å². The first kappa shape index (κ1) is 15.1. The maximum atomic E-state index is 12.2. The molecule has 1 aliphatic heterocycles. The molecule has 0 N–H and O–H groups in total. The topological polar surface area (TPSA) is 29.5 Å². The number of carbonyl (C=O) groups excluding carboxylic acids is 1. The van der Waals surface area contributed by atoms with Gasteiger partial charge in [0.25, 0.3) is 0 Å². The van der Waals surface area contributed by atoms with Gasteiger partial charge in [-0.15, -0.1) is 0 Å². The van der Waals surface area contributed by atoms with Gasteiger partial charge >= 0.3 is 5.97 Å². The molecule has 3 fully saturated rings. The zero-order valence-electron chi connectivity index (χ0n) is 12.6. The van der Waals surface area contributed by atoms with E-state index in [4.69, 9.17) is 4.74 Å². The first-order chi connectivity index (χ1) is 9.51. The summed E-state index contributed by atoms with van der Waals surface area (Å²) in [6, 6.07) is 0. The molecular formula is C16H26INO2. The Kier molecular flexibility index (Phi) is 4.33. The van der Waals surface area contributed by atoms with Gasteiger partial charge in [0.05, 0.1) is 0 Å². The number of halogens is 1. The zero-order valence-corrected chi connectivity index (χ0v) is 14.8. The average Bonchev–Trinajstić information content (AvgIpc) is 3.00. The number of carbonyl (C=O) groups is 1. The molecule has 114 valence electrons. The van der Waals surface area contributed by atoms with Crippen LogP contribution in [-0.4, -0.2) is 40.5 Å². The van der Waals surface area contributed by atoms with E-state index in [0.29, 0.717) is 11.8 Å². The summed E-state index contributed by atoms with van der Waals surface area (Å²) in [4.78, 5) is 14.7. The summed E-state index contributed by atoms with van der Waals surface area (Å²) < 4.78 is 6.17. The van der Waals surface area contributed by atoms with Crippen LogP contribution >= 0.6 is 22.6 Å². The SMILES string of the molecule is CC(I)C(=O)OC1(C2CCN(C)CC2)CC2CCC1C2. The molecule has 4 heteroatoms. The Morgan fingerprint density at radius 2 is 1.95 bits per heavy atom. The highest BCUT2D eigenvalue weighted by Gasteiger charge is 2.57. The Morgan fingerprint density at radius 1 is 1.25 bits per heavy atom. The average molecular weight is 391 g/mol. The first-order valence-corrected chi connectivity index (χ1v) is 9.31. The number of piperidine rings is 1. The van der Waals surface area contributed by atoms with E-state index in [2.05, 4.69) is 34.5 Å². The fourth-order valence-corrected chi connectivity index (χ4v) is 4.92. The van der Waals surface area contributed by atoms with Crippen LogP contribution in [-0.2, 0) is 9.53 Å². The van der Waals surface area contributed by atoms with Gasteiger partial charge in [-0.25, -0.2) is 0 Å². The lowest BCUT2D eigenvalue weighted by molar-refractivity contribution is -0.176. The standard InChI is InChI=1S/C16H26INO2/c1-11(17)15(19)20-16(10-12-3-4-14(16)9-12)13-5-7-18(2)8-6-13/h11-14H,3-10H2,1-2H3. The van der Waals surface area contributed by atoms with E-state index in [1.165, 1.54) is 32.1 Å². The van der Waals surface area contributed by atoms with E-state index in [-0.39, 0.29) is 15.5 Å². The van der Waals surface area contributed by atoms with E-state index < -0.39 is 0 Å². The van der Waals surface area contributed by atoms with Crippen molar-refractivity contribution < 1.29 is 9.53 Å². The molecule has 0 spiro atoms. The van der Waals surface area contributed by atoms with Gasteiger partial charge in [0.2, 0.25) is 0 Å². The molecule has 0 aromatic carbocycles. The lowest BCUT2D eigenvalue weighted by Gasteiger charge is -2.46. The van der Waals surface area contributed by atoms with Gasteiger partial charge in [-0.1, -0.05) is 22.6 Å². The normalized spacial score (nSPS) is 40.0. The van der Waals surface area contributed by atoms with E-state index in [0.717, 1.165) is 25.4 Å². The summed E-state index contributed by atoms with van der Waals surface area (Å²) in [6.07, 6.45) is 7.47. The van der Waals surface area contributed by atoms with E-state index >= 15 is 0 Å². The summed E-state index contributed by atoms with van der Waals surface area (Å²) in [5.74, 6) is 2.06. The molecule has 1 saturated heterocycles. The van der Waals surface area contributed by atoms with Crippen molar-refractivity contribution in [3.63, 3.8) is 0 Å². The summed E-state index contributed by atoms with van der Waals surface area (Å²) in [5, 5.41) is 0. The van der Waals surface area contributed by atoms with Gasteiger partial charge in [-0.05, 0) is 77.4 Å². The molecule has 0 amide bonds. The second-order valence-electron chi connectivity index (χ2n) is 7.15. The lowest BCUT2D eigenvalue weighted by Crippen LogP contribution is -2.51. The Labute approximate surface area is 135 Å². The highest BCUT2D eigenvalue weighted by molar-refractivity contribution is 14.1. The second kappa shape index (κ2) is 5.75. The van der Waals surface area contributed by atoms with Crippen molar-refractivity contribution in [3.8, 4) is 0 Å². The molecule has 3 rings (SSSR count). The third-order valence-corrected chi connectivity index (χ3v) is 6.37. The number of rotatable bonds is 3. The molecule has 3 nitrogen and oxygen atoms in total. The van der Waals surface area contributed by atoms with Crippen LogP contribution in [0.4, 0.5) is 0 Å². The molecule has 2 aliphatic carbocycles. The quantitative estimate of drug-likeness (QED) is 0.420. The molecule has 0 radical (unpaired) electrons. The minimum Gasteiger partial charge on any atom is -0.458 e. The molecule has 4 unspecified atom stereocenters. The van der Waals surface area contributed by atoms with Crippen molar-refractivity contribution in [2.24, 2.45) is 17.8 Å². The lowest BCUT2D eigenvalue weighted by atomic mass is 9.71. The van der Waals surface area contributed by atoms with Crippen LogP contribution in [0.5, 0.6) is 0 Å². The number of likely N-dealkylation sites (tertiary alicyclic amines) is 1. The summed E-state index contributed by atoms with van der Waals surface area (Å²) in [5.41, 5.74) is -0.110. The van der Waals surface area contributed by atoms with Crippen LogP contribution in [0.25, 0.3) is 0 Å². The van der Waals surface area contributed by atoms with Crippen LogP contribution in [0.15, 0.2) is 0 Å². The van der Waals surface area contributed by atoms with Gasteiger partial charge in [0.1, 0.15) is 9.53 Å². The molecule has 1 heterocycles. The number of fused-ring (bicyclic) bond motifs is 2. The summed E-state index contributed by atoms with van der Waals surface area (Å²) in [6.45, 7) is 4.25. The first-order valence-electron chi connectivity index (χ1n) is 8.06. The molecule has 2 bridgehead atoms. The third kappa shape index (κ3) is 2.62. The smallest absolute Gasteiger partial charge is 0.319 e. The molecule has 0 aromatic rings. The summed E-state index contributed by atoms with van der Waals surface area (Å²) >= 11 is 2.18. The predicted octanol–water partition coefficient (Wildman–Crippen LogP) is 3.25. The van der Waals surface area contributed by atoms with Crippen LogP contribution in [0.2, 0.25) is 0 Å². The van der Waals surface area contributed by atoms with Gasteiger partial charge < -0.3 is 9.64 Å². The van der Waals surface area contributed by atoms with E-state index in [1.807, 2.05) is 6.92 Å². The fraction of sp³-hybridized carbons (Fsp3) is 0.938. The molecule has 0 aromatic heterocycles. The van der Waals surface area contributed by atoms with Crippen LogP contribution in [0.1, 0.15) is 45.4 Å². The maximum Gasteiger partial charge on any atom is 0.319 e. The number of alkyl halides is 1. The van der Waals surface area contributed by atoms with Crippen LogP contribution in [0, 0.1) is 17.8 Å². The fourth-order valence-electron chi connectivity index (χ4n) is 4.80. The predicted molar refractivity (Wildman–Crippen MR) is 88.0 cm³/mol. The minimum atomic E-state index is -0.110. The molecule has 2 saturated carbocycles. The third-order valence-electron chi connectivity index (χ3n) is 5.86.